The zero-order valence-electron chi connectivity index (χ0n) is 8.88. The zero-order valence-corrected chi connectivity index (χ0v) is 9.77. The molecule has 1 rings (SSSR count). The minimum absolute atomic E-state index is 0.134. The van der Waals surface area contributed by atoms with Gasteiger partial charge in [0.05, 0.1) is 0 Å². The van der Waals surface area contributed by atoms with Crippen LogP contribution in [0.15, 0.2) is 24.3 Å². The molecule has 0 nitrogen and oxygen atoms in total. The van der Waals surface area contributed by atoms with E-state index in [4.69, 9.17) is 0 Å². The fourth-order valence-electron chi connectivity index (χ4n) is 1.50. The maximum absolute atomic E-state index is 2.31. The van der Waals surface area contributed by atoms with Crippen LogP contribution in [0.3, 0.4) is 0 Å². The van der Waals surface area contributed by atoms with Gasteiger partial charge in [-0.1, -0.05) is 58.0 Å². The highest BCUT2D eigenvalue weighted by atomic mass is 31.1. The Labute approximate surface area is 83.1 Å². The van der Waals surface area contributed by atoms with E-state index in [-0.39, 0.29) is 7.92 Å². The van der Waals surface area contributed by atoms with Crippen LogP contribution in [-0.2, 0) is 0 Å². The van der Waals surface area contributed by atoms with Gasteiger partial charge in [-0.3, -0.25) is 0 Å². The highest BCUT2D eigenvalue weighted by Gasteiger charge is 2.05. The second-order valence-corrected chi connectivity index (χ2v) is 6.09. The van der Waals surface area contributed by atoms with E-state index in [1.165, 1.54) is 24.3 Å². The average molecular weight is 194 g/mol. The summed E-state index contributed by atoms with van der Waals surface area (Å²) in [6.45, 7) is 6.73. The molecule has 0 spiro atoms. The van der Waals surface area contributed by atoms with Gasteiger partial charge < -0.3 is 0 Å². The lowest BCUT2D eigenvalue weighted by Gasteiger charge is -2.14. The molecule has 0 bridgehead atoms. The standard InChI is InChI=1S/C12H19P/c1-4-10-13(5-2)12-8-6-11(3)7-9-12/h6-9H,4-5,10H2,1-3H3. The van der Waals surface area contributed by atoms with Crippen LogP contribution in [-0.4, -0.2) is 12.3 Å². The summed E-state index contributed by atoms with van der Waals surface area (Å²) in [6.07, 6.45) is 4.02. The Morgan fingerprint density at radius 2 is 1.69 bits per heavy atom. The van der Waals surface area contributed by atoms with Crippen LogP contribution in [0.1, 0.15) is 25.8 Å². The van der Waals surface area contributed by atoms with Gasteiger partial charge in [-0.25, -0.2) is 0 Å². The molecule has 0 aliphatic heterocycles. The topological polar surface area (TPSA) is 0 Å². The maximum Gasteiger partial charge on any atom is -0.0240 e. The van der Waals surface area contributed by atoms with Crippen LogP contribution in [0.4, 0.5) is 0 Å². The Morgan fingerprint density at radius 1 is 1.08 bits per heavy atom. The molecule has 1 atom stereocenters. The van der Waals surface area contributed by atoms with Gasteiger partial charge in [-0.2, -0.15) is 0 Å². The quantitative estimate of drug-likeness (QED) is 0.643. The maximum atomic E-state index is 2.31. The van der Waals surface area contributed by atoms with Gasteiger partial charge in [0.1, 0.15) is 0 Å². The summed E-state index contributed by atoms with van der Waals surface area (Å²) in [6, 6.07) is 9.08. The van der Waals surface area contributed by atoms with Crippen molar-refractivity contribution in [1.82, 2.24) is 0 Å². The van der Waals surface area contributed by atoms with Crippen LogP contribution < -0.4 is 5.30 Å². The van der Waals surface area contributed by atoms with Crippen molar-refractivity contribution < 1.29 is 0 Å². The first-order valence-electron chi connectivity index (χ1n) is 5.09. The third-order valence-corrected chi connectivity index (χ3v) is 5.05. The molecule has 1 aromatic carbocycles. The molecule has 0 fully saturated rings. The lowest BCUT2D eigenvalue weighted by atomic mass is 10.2. The molecule has 0 saturated carbocycles. The Hall–Kier alpha value is -0.350. The summed E-state index contributed by atoms with van der Waals surface area (Å²) < 4.78 is 0. The fraction of sp³-hybridized carbons (Fsp3) is 0.500. The number of benzene rings is 1. The fourth-order valence-corrected chi connectivity index (χ4v) is 3.55. The Kier molecular flexibility index (Phi) is 4.45. The van der Waals surface area contributed by atoms with Gasteiger partial charge in [0.2, 0.25) is 0 Å². The summed E-state index contributed by atoms with van der Waals surface area (Å²) in [5.74, 6) is 0. The van der Waals surface area contributed by atoms with E-state index in [2.05, 4.69) is 45.0 Å². The van der Waals surface area contributed by atoms with Crippen LogP contribution in [0, 0.1) is 6.92 Å². The molecule has 1 heteroatoms. The molecule has 0 amide bonds. The molecule has 0 aliphatic carbocycles. The van der Waals surface area contributed by atoms with Crippen molar-refractivity contribution in [3.05, 3.63) is 29.8 Å². The molecule has 0 heterocycles. The van der Waals surface area contributed by atoms with Crippen molar-refractivity contribution in [2.45, 2.75) is 27.2 Å². The number of hydrogen-bond donors (Lipinski definition) is 0. The third kappa shape index (κ3) is 3.12. The highest BCUT2D eigenvalue weighted by Crippen LogP contribution is 2.34. The summed E-state index contributed by atoms with van der Waals surface area (Å²) in [4.78, 5) is 0. The van der Waals surface area contributed by atoms with Gasteiger partial charge in [-0.05, 0) is 24.6 Å². The SMILES string of the molecule is CCCP(CC)c1ccc(C)cc1. The van der Waals surface area contributed by atoms with Crippen molar-refractivity contribution in [2.24, 2.45) is 0 Å². The van der Waals surface area contributed by atoms with Gasteiger partial charge in [0, 0.05) is 0 Å². The van der Waals surface area contributed by atoms with E-state index < -0.39 is 0 Å². The molecule has 0 radical (unpaired) electrons. The molecule has 1 unspecified atom stereocenters. The van der Waals surface area contributed by atoms with Crippen molar-refractivity contribution in [1.29, 1.82) is 0 Å². The summed E-state index contributed by atoms with van der Waals surface area (Å²) >= 11 is 0. The summed E-state index contributed by atoms with van der Waals surface area (Å²) in [5.41, 5.74) is 1.37. The second-order valence-electron chi connectivity index (χ2n) is 3.42. The zero-order chi connectivity index (χ0) is 9.68. The Balaban J connectivity index is 2.73. The van der Waals surface area contributed by atoms with Crippen LogP contribution >= 0.6 is 7.92 Å². The van der Waals surface area contributed by atoms with Crippen molar-refractivity contribution in [3.63, 3.8) is 0 Å². The molecular formula is C12H19P. The summed E-state index contributed by atoms with van der Waals surface area (Å²) in [7, 11) is 0.134. The highest BCUT2D eigenvalue weighted by molar-refractivity contribution is 7.65. The predicted octanol–water partition coefficient (Wildman–Crippen LogP) is 3.53. The predicted molar refractivity (Wildman–Crippen MR) is 63.4 cm³/mol. The average Bonchev–Trinajstić information content (AvgIpc) is 2.16. The number of hydrogen-bond acceptors (Lipinski definition) is 0. The molecule has 0 N–H and O–H groups in total. The van der Waals surface area contributed by atoms with E-state index in [1.54, 1.807) is 5.30 Å². The molecule has 0 saturated heterocycles. The van der Waals surface area contributed by atoms with Gasteiger partial charge in [-0.15, -0.1) is 0 Å². The van der Waals surface area contributed by atoms with Crippen LogP contribution in [0.2, 0.25) is 0 Å². The van der Waals surface area contributed by atoms with E-state index in [1.807, 2.05) is 0 Å². The number of aryl methyl sites for hydroxylation is 1. The lowest BCUT2D eigenvalue weighted by molar-refractivity contribution is 1.09. The number of rotatable bonds is 4. The van der Waals surface area contributed by atoms with Gasteiger partial charge in [0.25, 0.3) is 0 Å². The van der Waals surface area contributed by atoms with E-state index in [9.17, 15) is 0 Å². The van der Waals surface area contributed by atoms with E-state index in [0.29, 0.717) is 0 Å². The monoisotopic (exact) mass is 194 g/mol. The first kappa shape index (κ1) is 10.7. The molecular weight excluding hydrogens is 175 g/mol. The minimum atomic E-state index is 0.134. The van der Waals surface area contributed by atoms with Gasteiger partial charge >= 0.3 is 0 Å². The summed E-state index contributed by atoms with van der Waals surface area (Å²) in [5, 5.41) is 1.57. The first-order valence-corrected chi connectivity index (χ1v) is 6.80. The van der Waals surface area contributed by atoms with Crippen LogP contribution in [0.5, 0.6) is 0 Å². The Morgan fingerprint density at radius 3 is 2.15 bits per heavy atom. The molecule has 72 valence electrons. The molecule has 1 aromatic rings. The van der Waals surface area contributed by atoms with Crippen molar-refractivity contribution >= 4 is 13.2 Å². The van der Waals surface area contributed by atoms with Crippen molar-refractivity contribution in [2.75, 3.05) is 12.3 Å². The van der Waals surface area contributed by atoms with Gasteiger partial charge in [0.15, 0.2) is 0 Å². The smallest absolute Gasteiger partial charge is 0.0240 e. The molecule has 13 heavy (non-hydrogen) atoms. The minimum Gasteiger partial charge on any atom is -0.0756 e. The van der Waals surface area contributed by atoms with E-state index >= 15 is 0 Å². The second kappa shape index (κ2) is 5.40. The lowest BCUT2D eigenvalue weighted by Crippen LogP contribution is -2.04. The normalized spacial score (nSPS) is 12.8. The van der Waals surface area contributed by atoms with Crippen LogP contribution in [0.25, 0.3) is 0 Å². The largest absolute Gasteiger partial charge is 0.0756 e. The molecule has 0 aromatic heterocycles. The van der Waals surface area contributed by atoms with Crippen molar-refractivity contribution in [3.8, 4) is 0 Å². The van der Waals surface area contributed by atoms with E-state index in [0.717, 1.165) is 0 Å². The molecule has 0 aliphatic rings. The Bertz CT molecular complexity index is 238. The first-order chi connectivity index (χ1) is 6.27. The third-order valence-electron chi connectivity index (χ3n) is 2.27.